The van der Waals surface area contributed by atoms with E-state index in [0.29, 0.717) is 41.8 Å². The summed E-state index contributed by atoms with van der Waals surface area (Å²) in [6, 6.07) is 10.6. The molecule has 1 unspecified atom stereocenters. The van der Waals surface area contributed by atoms with E-state index in [4.69, 9.17) is 9.15 Å². The number of methoxy groups -OCH3 is 1. The van der Waals surface area contributed by atoms with Crippen LogP contribution in [0.4, 0.5) is 10.8 Å². The van der Waals surface area contributed by atoms with E-state index in [1.165, 1.54) is 11.3 Å². The molecule has 2 amide bonds. The van der Waals surface area contributed by atoms with Gasteiger partial charge in [0.05, 0.1) is 25.6 Å². The number of likely N-dealkylation sites (tertiary alicyclic amines) is 1. The van der Waals surface area contributed by atoms with E-state index < -0.39 is 6.04 Å². The Labute approximate surface area is 177 Å². The number of furan rings is 1. The van der Waals surface area contributed by atoms with Gasteiger partial charge in [0.15, 0.2) is 5.13 Å². The van der Waals surface area contributed by atoms with Crippen LogP contribution < -0.4 is 15.4 Å². The van der Waals surface area contributed by atoms with Crippen LogP contribution in [0.5, 0.6) is 5.75 Å². The van der Waals surface area contributed by atoms with E-state index in [2.05, 4.69) is 15.6 Å². The number of carbonyl (C=O) groups excluding carboxylic acids is 2. The second-order valence-corrected chi connectivity index (χ2v) is 7.68. The lowest BCUT2D eigenvalue weighted by Crippen LogP contribution is -2.45. The predicted octanol–water partition coefficient (Wildman–Crippen LogP) is 3.41. The Morgan fingerprint density at radius 3 is 2.97 bits per heavy atom. The fraction of sp³-hybridized carbons (Fsp3) is 0.286. The third-order valence-electron chi connectivity index (χ3n) is 4.91. The fourth-order valence-corrected chi connectivity index (χ4v) is 4.12. The molecule has 30 heavy (non-hydrogen) atoms. The first-order chi connectivity index (χ1) is 14.7. The number of nitrogens with zero attached hydrogens (tertiary/aromatic N) is 2. The zero-order chi connectivity index (χ0) is 20.9. The van der Waals surface area contributed by atoms with Crippen LogP contribution in [-0.2, 0) is 11.3 Å². The van der Waals surface area contributed by atoms with Gasteiger partial charge in [0.2, 0.25) is 5.91 Å². The lowest BCUT2D eigenvalue weighted by atomic mass is 10.2. The van der Waals surface area contributed by atoms with Gasteiger partial charge in [0, 0.05) is 11.9 Å². The number of thiazole rings is 1. The van der Waals surface area contributed by atoms with Gasteiger partial charge in [0.1, 0.15) is 23.2 Å². The van der Waals surface area contributed by atoms with Crippen LogP contribution in [-0.4, -0.2) is 41.4 Å². The van der Waals surface area contributed by atoms with E-state index in [1.807, 2.05) is 24.3 Å². The molecule has 3 aromatic rings. The lowest BCUT2D eigenvalue weighted by Gasteiger charge is -2.23. The van der Waals surface area contributed by atoms with Crippen LogP contribution in [0.3, 0.4) is 0 Å². The average molecular weight is 426 g/mol. The molecule has 1 saturated heterocycles. The summed E-state index contributed by atoms with van der Waals surface area (Å²) in [6.45, 7) is 0.832. The number of ether oxygens (including phenoxy) is 1. The maximum Gasteiger partial charge on any atom is 0.274 e. The third kappa shape index (κ3) is 4.30. The number of aromatic nitrogens is 1. The highest BCUT2D eigenvalue weighted by Crippen LogP contribution is 2.29. The van der Waals surface area contributed by atoms with Crippen molar-refractivity contribution in [3.63, 3.8) is 0 Å². The number of amides is 2. The van der Waals surface area contributed by atoms with Crippen molar-refractivity contribution in [2.24, 2.45) is 0 Å². The van der Waals surface area contributed by atoms with Crippen molar-refractivity contribution in [1.29, 1.82) is 0 Å². The molecular weight excluding hydrogens is 404 g/mol. The molecule has 0 radical (unpaired) electrons. The van der Waals surface area contributed by atoms with Crippen molar-refractivity contribution >= 4 is 34.0 Å². The predicted molar refractivity (Wildman–Crippen MR) is 113 cm³/mol. The Bertz CT molecular complexity index is 1020. The molecule has 9 heteroatoms. The van der Waals surface area contributed by atoms with Gasteiger partial charge in [-0.2, -0.15) is 0 Å². The highest BCUT2D eigenvalue weighted by molar-refractivity contribution is 7.14. The van der Waals surface area contributed by atoms with Crippen molar-refractivity contribution in [3.05, 3.63) is 59.5 Å². The number of hydrogen-bond donors (Lipinski definition) is 2. The first-order valence-corrected chi connectivity index (χ1v) is 10.5. The molecule has 1 aromatic carbocycles. The number of benzene rings is 1. The zero-order valence-electron chi connectivity index (χ0n) is 16.5. The minimum atomic E-state index is -0.500. The number of carbonyl (C=O) groups is 2. The molecule has 0 spiro atoms. The Morgan fingerprint density at radius 1 is 1.30 bits per heavy atom. The monoisotopic (exact) mass is 426 g/mol. The standard InChI is InChI=1S/C21H22N4O4S/c1-28-18-9-3-2-7-15(18)23-21-24-16(13-30-21)20(27)25-10-4-8-17(25)19(26)22-12-14-6-5-11-29-14/h2-3,5-7,9,11,13,17H,4,8,10,12H2,1H3,(H,22,26)(H,23,24). The lowest BCUT2D eigenvalue weighted by molar-refractivity contribution is -0.125. The molecule has 8 nitrogen and oxygen atoms in total. The highest BCUT2D eigenvalue weighted by Gasteiger charge is 2.35. The molecule has 3 heterocycles. The van der Waals surface area contributed by atoms with Crippen molar-refractivity contribution in [2.45, 2.75) is 25.4 Å². The second-order valence-electron chi connectivity index (χ2n) is 6.82. The molecule has 1 atom stereocenters. The first kappa shape index (κ1) is 20.0. The maximum atomic E-state index is 13.0. The molecule has 0 aliphatic carbocycles. The topological polar surface area (TPSA) is 96.7 Å². The molecule has 2 N–H and O–H groups in total. The van der Waals surface area contributed by atoms with E-state index in [0.717, 1.165) is 12.1 Å². The van der Waals surface area contributed by atoms with Crippen LogP contribution in [0.25, 0.3) is 0 Å². The summed E-state index contributed by atoms with van der Waals surface area (Å²) in [5, 5.41) is 8.31. The Hall–Kier alpha value is -3.33. The van der Waals surface area contributed by atoms with E-state index in [9.17, 15) is 9.59 Å². The SMILES string of the molecule is COc1ccccc1Nc1nc(C(=O)N2CCCC2C(=O)NCc2ccco2)cs1. The van der Waals surface area contributed by atoms with Gasteiger partial charge >= 0.3 is 0 Å². The minimum Gasteiger partial charge on any atom is -0.495 e. The summed E-state index contributed by atoms with van der Waals surface area (Å²) < 4.78 is 10.6. The van der Waals surface area contributed by atoms with Crippen LogP contribution in [0, 0.1) is 0 Å². The zero-order valence-corrected chi connectivity index (χ0v) is 17.3. The van der Waals surface area contributed by atoms with Gasteiger partial charge in [-0.25, -0.2) is 4.98 Å². The quantitative estimate of drug-likeness (QED) is 0.601. The number of anilines is 2. The van der Waals surface area contributed by atoms with E-state index in [-0.39, 0.29) is 11.8 Å². The highest BCUT2D eigenvalue weighted by atomic mass is 32.1. The molecule has 2 aromatic heterocycles. The summed E-state index contributed by atoms with van der Waals surface area (Å²) in [4.78, 5) is 31.6. The van der Waals surface area contributed by atoms with Gasteiger partial charge in [-0.3, -0.25) is 9.59 Å². The fourth-order valence-electron chi connectivity index (χ4n) is 3.43. The summed E-state index contributed by atoms with van der Waals surface area (Å²) in [5.74, 6) is 0.939. The van der Waals surface area contributed by atoms with Crippen LogP contribution in [0.15, 0.2) is 52.5 Å². The molecule has 1 aliphatic rings. The van der Waals surface area contributed by atoms with Crippen LogP contribution in [0.1, 0.15) is 29.1 Å². The van der Waals surface area contributed by atoms with Crippen LogP contribution >= 0.6 is 11.3 Å². The van der Waals surface area contributed by atoms with E-state index >= 15 is 0 Å². The molecule has 1 fully saturated rings. The first-order valence-electron chi connectivity index (χ1n) is 9.62. The smallest absolute Gasteiger partial charge is 0.274 e. The van der Waals surface area contributed by atoms with Gasteiger partial charge in [-0.05, 0) is 37.1 Å². The summed E-state index contributed by atoms with van der Waals surface area (Å²) in [7, 11) is 1.60. The summed E-state index contributed by atoms with van der Waals surface area (Å²) in [6.07, 6.45) is 2.97. The summed E-state index contributed by atoms with van der Waals surface area (Å²) in [5.41, 5.74) is 1.09. The molecule has 4 rings (SSSR count). The molecular formula is C21H22N4O4S. The number of nitrogens with one attached hydrogen (secondary N) is 2. The van der Waals surface area contributed by atoms with Crippen molar-refractivity contribution in [2.75, 3.05) is 19.0 Å². The van der Waals surface area contributed by atoms with Crippen molar-refractivity contribution in [1.82, 2.24) is 15.2 Å². The van der Waals surface area contributed by atoms with Crippen molar-refractivity contribution in [3.8, 4) is 5.75 Å². The van der Waals surface area contributed by atoms with Gasteiger partial charge in [-0.15, -0.1) is 11.3 Å². The molecule has 156 valence electrons. The molecule has 0 bridgehead atoms. The number of rotatable bonds is 7. The number of para-hydroxylation sites is 2. The van der Waals surface area contributed by atoms with E-state index in [1.54, 1.807) is 35.8 Å². The Balaban J connectivity index is 1.41. The molecule has 0 saturated carbocycles. The normalized spacial score (nSPS) is 15.8. The van der Waals surface area contributed by atoms with Gasteiger partial charge in [0.25, 0.3) is 5.91 Å². The second kappa shape index (κ2) is 9.00. The average Bonchev–Trinajstić information content (AvgIpc) is 3.53. The Morgan fingerprint density at radius 2 is 2.17 bits per heavy atom. The third-order valence-corrected chi connectivity index (χ3v) is 5.66. The van der Waals surface area contributed by atoms with Gasteiger partial charge < -0.3 is 24.7 Å². The largest absolute Gasteiger partial charge is 0.495 e. The minimum absolute atomic E-state index is 0.181. The van der Waals surface area contributed by atoms with Gasteiger partial charge in [-0.1, -0.05) is 12.1 Å². The van der Waals surface area contributed by atoms with Crippen molar-refractivity contribution < 1.29 is 18.7 Å². The summed E-state index contributed by atoms with van der Waals surface area (Å²) >= 11 is 1.33. The maximum absolute atomic E-state index is 13.0. The number of hydrogen-bond acceptors (Lipinski definition) is 7. The van der Waals surface area contributed by atoms with Crippen LogP contribution in [0.2, 0.25) is 0 Å². The Kier molecular flexibility index (Phi) is 5.99. The molecule has 1 aliphatic heterocycles.